The van der Waals surface area contributed by atoms with Crippen LogP contribution in [0.1, 0.15) is 5.76 Å². The van der Waals surface area contributed by atoms with E-state index in [0.717, 1.165) is 16.8 Å². The van der Waals surface area contributed by atoms with Crippen molar-refractivity contribution in [2.75, 3.05) is 0 Å². The molecule has 108 valence electrons. The molecular formula is C17H12FN3O. The highest BCUT2D eigenvalue weighted by Crippen LogP contribution is 2.33. The number of aryl methyl sites for hydroxylation is 1. The number of fused-ring (bicyclic) bond motifs is 1. The van der Waals surface area contributed by atoms with Crippen LogP contribution in [0.2, 0.25) is 0 Å². The van der Waals surface area contributed by atoms with E-state index in [0.29, 0.717) is 17.1 Å². The minimum Gasteiger partial charge on any atom is -0.360 e. The average Bonchev–Trinajstić information content (AvgIpc) is 3.10. The normalized spacial score (nSPS) is 11.2. The molecule has 0 radical (unpaired) electrons. The molecule has 0 N–H and O–H groups in total. The molecule has 0 aliphatic carbocycles. The molecule has 3 heterocycles. The molecule has 0 amide bonds. The average molecular weight is 293 g/mol. The topological polar surface area (TPSA) is 43.3 Å². The first kappa shape index (κ1) is 12.8. The maximum atomic E-state index is 13.3. The predicted octanol–water partition coefficient (Wildman–Crippen LogP) is 4.10. The van der Waals surface area contributed by atoms with Crippen LogP contribution in [-0.2, 0) is 0 Å². The van der Waals surface area contributed by atoms with Crippen molar-refractivity contribution in [3.8, 4) is 22.5 Å². The number of imidazole rings is 1. The molecule has 0 bridgehead atoms. The number of halogens is 1. The van der Waals surface area contributed by atoms with E-state index in [2.05, 4.69) is 10.1 Å². The van der Waals surface area contributed by atoms with Crippen LogP contribution in [0.25, 0.3) is 28.2 Å². The monoisotopic (exact) mass is 293 g/mol. The lowest BCUT2D eigenvalue weighted by atomic mass is 10.0. The SMILES string of the molecule is Cc1onc(-c2ccccc2)c1-c1cn2cc(F)ccc2n1. The molecule has 0 atom stereocenters. The number of hydrogen-bond acceptors (Lipinski definition) is 3. The zero-order valence-corrected chi connectivity index (χ0v) is 11.8. The van der Waals surface area contributed by atoms with Gasteiger partial charge in [-0.25, -0.2) is 9.37 Å². The molecule has 0 spiro atoms. The first-order chi connectivity index (χ1) is 10.7. The number of aromatic nitrogens is 3. The largest absolute Gasteiger partial charge is 0.360 e. The predicted molar refractivity (Wildman–Crippen MR) is 80.8 cm³/mol. The molecule has 0 fully saturated rings. The summed E-state index contributed by atoms with van der Waals surface area (Å²) in [4.78, 5) is 4.54. The quantitative estimate of drug-likeness (QED) is 0.558. The van der Waals surface area contributed by atoms with Crippen molar-refractivity contribution in [2.45, 2.75) is 6.92 Å². The molecule has 0 saturated heterocycles. The summed E-state index contributed by atoms with van der Waals surface area (Å²) in [6.07, 6.45) is 3.18. The highest BCUT2D eigenvalue weighted by Gasteiger charge is 2.19. The lowest BCUT2D eigenvalue weighted by Gasteiger charge is -1.99. The zero-order valence-electron chi connectivity index (χ0n) is 11.8. The van der Waals surface area contributed by atoms with Gasteiger partial charge in [0, 0.05) is 18.0 Å². The fourth-order valence-electron chi connectivity index (χ4n) is 2.55. The number of nitrogens with zero attached hydrogens (tertiary/aromatic N) is 3. The van der Waals surface area contributed by atoms with Crippen LogP contribution in [0.4, 0.5) is 4.39 Å². The molecule has 5 heteroatoms. The van der Waals surface area contributed by atoms with Crippen LogP contribution in [0.3, 0.4) is 0 Å². The summed E-state index contributed by atoms with van der Waals surface area (Å²) in [5, 5.41) is 4.15. The Bertz CT molecular complexity index is 957. The minimum atomic E-state index is -0.304. The third-order valence-electron chi connectivity index (χ3n) is 3.58. The summed E-state index contributed by atoms with van der Waals surface area (Å²) in [6, 6.07) is 12.8. The van der Waals surface area contributed by atoms with Crippen molar-refractivity contribution in [3.05, 3.63) is 66.4 Å². The number of rotatable bonds is 2. The number of pyridine rings is 1. The molecule has 22 heavy (non-hydrogen) atoms. The Balaban J connectivity index is 1.93. The third kappa shape index (κ3) is 1.98. The van der Waals surface area contributed by atoms with Crippen LogP contribution in [0, 0.1) is 12.7 Å². The Morgan fingerprint density at radius 2 is 1.86 bits per heavy atom. The van der Waals surface area contributed by atoms with Gasteiger partial charge in [-0.2, -0.15) is 0 Å². The van der Waals surface area contributed by atoms with Crippen LogP contribution >= 0.6 is 0 Å². The van der Waals surface area contributed by atoms with Crippen LogP contribution < -0.4 is 0 Å². The van der Waals surface area contributed by atoms with E-state index in [1.54, 1.807) is 16.7 Å². The summed E-state index contributed by atoms with van der Waals surface area (Å²) in [5.41, 5.74) is 3.91. The molecule has 0 unspecified atom stereocenters. The smallest absolute Gasteiger partial charge is 0.143 e. The summed E-state index contributed by atoms with van der Waals surface area (Å²) in [6.45, 7) is 1.85. The van der Waals surface area contributed by atoms with Gasteiger partial charge in [0.05, 0.1) is 11.3 Å². The van der Waals surface area contributed by atoms with E-state index in [9.17, 15) is 4.39 Å². The van der Waals surface area contributed by atoms with Crippen molar-refractivity contribution >= 4 is 5.65 Å². The van der Waals surface area contributed by atoms with E-state index in [1.807, 2.05) is 37.3 Å². The molecule has 4 rings (SSSR count). The Morgan fingerprint density at radius 3 is 2.68 bits per heavy atom. The molecular weight excluding hydrogens is 281 g/mol. The van der Waals surface area contributed by atoms with Gasteiger partial charge in [-0.05, 0) is 19.1 Å². The van der Waals surface area contributed by atoms with E-state index < -0.39 is 0 Å². The fourth-order valence-corrected chi connectivity index (χ4v) is 2.55. The van der Waals surface area contributed by atoms with Crippen molar-refractivity contribution in [1.82, 2.24) is 14.5 Å². The van der Waals surface area contributed by atoms with Crippen molar-refractivity contribution in [1.29, 1.82) is 0 Å². The minimum absolute atomic E-state index is 0.304. The van der Waals surface area contributed by atoms with Gasteiger partial charge in [0.15, 0.2) is 0 Å². The van der Waals surface area contributed by atoms with Crippen LogP contribution in [0.5, 0.6) is 0 Å². The first-order valence-electron chi connectivity index (χ1n) is 6.89. The van der Waals surface area contributed by atoms with Crippen LogP contribution in [-0.4, -0.2) is 14.5 Å². The zero-order chi connectivity index (χ0) is 15.1. The summed E-state index contributed by atoms with van der Waals surface area (Å²) in [5.74, 6) is 0.379. The maximum Gasteiger partial charge on any atom is 0.143 e. The van der Waals surface area contributed by atoms with Crippen LogP contribution in [0.15, 0.2) is 59.4 Å². The second-order valence-electron chi connectivity index (χ2n) is 5.07. The molecule has 3 aromatic heterocycles. The second kappa shape index (κ2) is 4.80. The molecule has 0 aliphatic heterocycles. The fraction of sp³-hybridized carbons (Fsp3) is 0.0588. The van der Waals surface area contributed by atoms with E-state index in [4.69, 9.17) is 4.52 Å². The molecule has 4 aromatic rings. The lowest BCUT2D eigenvalue weighted by Crippen LogP contribution is -1.84. The number of benzene rings is 1. The van der Waals surface area contributed by atoms with Gasteiger partial charge in [0.1, 0.15) is 22.9 Å². The summed E-state index contributed by atoms with van der Waals surface area (Å²) >= 11 is 0. The van der Waals surface area contributed by atoms with Gasteiger partial charge in [-0.3, -0.25) is 0 Å². The van der Waals surface area contributed by atoms with Gasteiger partial charge in [0.25, 0.3) is 0 Å². The third-order valence-corrected chi connectivity index (χ3v) is 3.58. The molecule has 1 aromatic carbocycles. The van der Waals surface area contributed by atoms with Gasteiger partial charge in [0.2, 0.25) is 0 Å². The van der Waals surface area contributed by atoms with E-state index in [1.165, 1.54) is 12.3 Å². The summed E-state index contributed by atoms with van der Waals surface area (Å²) in [7, 11) is 0. The van der Waals surface area contributed by atoms with E-state index >= 15 is 0 Å². The Morgan fingerprint density at radius 1 is 1.05 bits per heavy atom. The van der Waals surface area contributed by atoms with Crippen molar-refractivity contribution in [3.63, 3.8) is 0 Å². The highest BCUT2D eigenvalue weighted by atomic mass is 19.1. The molecule has 4 nitrogen and oxygen atoms in total. The first-order valence-corrected chi connectivity index (χ1v) is 6.89. The van der Waals surface area contributed by atoms with Gasteiger partial charge < -0.3 is 8.92 Å². The van der Waals surface area contributed by atoms with Crippen molar-refractivity contribution in [2.24, 2.45) is 0 Å². The van der Waals surface area contributed by atoms with E-state index in [-0.39, 0.29) is 5.82 Å². The molecule has 0 saturated carbocycles. The van der Waals surface area contributed by atoms with Gasteiger partial charge in [-0.1, -0.05) is 35.5 Å². The number of hydrogen-bond donors (Lipinski definition) is 0. The summed E-state index contributed by atoms with van der Waals surface area (Å²) < 4.78 is 20.3. The Kier molecular flexibility index (Phi) is 2.79. The Labute approximate surface area is 125 Å². The molecule has 0 aliphatic rings. The lowest BCUT2D eigenvalue weighted by molar-refractivity contribution is 0.400. The second-order valence-corrected chi connectivity index (χ2v) is 5.07. The standard InChI is InChI=1S/C17H12FN3O/c1-11-16(17(20-22-11)12-5-3-2-4-6-12)14-10-21-9-13(18)7-8-15(21)19-14/h2-10H,1H3. The highest BCUT2D eigenvalue weighted by molar-refractivity contribution is 5.80. The van der Waals surface area contributed by atoms with Crippen molar-refractivity contribution < 1.29 is 8.91 Å². The maximum absolute atomic E-state index is 13.3. The van der Waals surface area contributed by atoms with Gasteiger partial charge >= 0.3 is 0 Å². The Hall–Kier alpha value is -2.95. The van der Waals surface area contributed by atoms with Gasteiger partial charge in [-0.15, -0.1) is 0 Å².